The predicted octanol–water partition coefficient (Wildman–Crippen LogP) is 4.77. The topological polar surface area (TPSA) is 79.4 Å². The SMILES string of the molecule is Cc1ccc(S(=O)(=O)N(Cc2ccccc2)Cc2nc(C(=O)NCc3ccccc3)cs2)cc1. The number of rotatable bonds is 9. The fraction of sp³-hybridized carbons (Fsp3) is 0.154. The van der Waals surface area contributed by atoms with Crippen LogP contribution in [0.4, 0.5) is 0 Å². The third kappa shape index (κ3) is 5.96. The third-order valence-corrected chi connectivity index (χ3v) is 7.89. The van der Waals surface area contributed by atoms with Crippen molar-refractivity contribution < 1.29 is 13.2 Å². The summed E-state index contributed by atoms with van der Waals surface area (Å²) in [6.45, 7) is 2.58. The van der Waals surface area contributed by atoms with Gasteiger partial charge in [-0.05, 0) is 30.2 Å². The van der Waals surface area contributed by atoms with E-state index in [1.165, 1.54) is 15.6 Å². The van der Waals surface area contributed by atoms with Crippen LogP contribution in [0.1, 0.15) is 32.2 Å². The molecule has 0 unspecified atom stereocenters. The highest BCUT2D eigenvalue weighted by molar-refractivity contribution is 7.89. The first-order valence-electron chi connectivity index (χ1n) is 10.8. The molecule has 0 aliphatic heterocycles. The first kappa shape index (κ1) is 23.8. The number of hydrogen-bond donors (Lipinski definition) is 1. The highest BCUT2D eigenvalue weighted by Gasteiger charge is 2.26. The Kier molecular flexibility index (Phi) is 7.52. The van der Waals surface area contributed by atoms with Crippen LogP contribution < -0.4 is 5.32 Å². The normalized spacial score (nSPS) is 11.5. The number of carbonyl (C=O) groups is 1. The summed E-state index contributed by atoms with van der Waals surface area (Å²) in [5, 5.41) is 5.07. The molecule has 0 radical (unpaired) electrons. The van der Waals surface area contributed by atoms with Crippen LogP contribution in [0.25, 0.3) is 0 Å². The number of aromatic nitrogens is 1. The summed E-state index contributed by atoms with van der Waals surface area (Å²) >= 11 is 1.27. The second-order valence-corrected chi connectivity index (χ2v) is 10.7. The van der Waals surface area contributed by atoms with Crippen molar-refractivity contribution in [2.75, 3.05) is 0 Å². The molecular formula is C26H25N3O3S2. The first-order valence-corrected chi connectivity index (χ1v) is 13.1. The number of sulfonamides is 1. The summed E-state index contributed by atoms with van der Waals surface area (Å²) < 4.78 is 28.4. The third-order valence-electron chi connectivity index (χ3n) is 5.25. The monoisotopic (exact) mass is 491 g/mol. The zero-order valence-electron chi connectivity index (χ0n) is 18.7. The number of thiazole rings is 1. The van der Waals surface area contributed by atoms with Crippen LogP contribution in [-0.4, -0.2) is 23.6 Å². The zero-order chi connectivity index (χ0) is 24.0. The molecule has 0 saturated heterocycles. The van der Waals surface area contributed by atoms with Gasteiger partial charge >= 0.3 is 0 Å². The van der Waals surface area contributed by atoms with Crippen molar-refractivity contribution in [2.45, 2.75) is 31.5 Å². The minimum atomic E-state index is -3.77. The van der Waals surface area contributed by atoms with Crippen LogP contribution in [0, 0.1) is 6.92 Å². The molecule has 6 nitrogen and oxygen atoms in total. The van der Waals surface area contributed by atoms with Crippen molar-refractivity contribution >= 4 is 27.3 Å². The Morgan fingerprint density at radius 3 is 2.15 bits per heavy atom. The van der Waals surface area contributed by atoms with Crippen LogP contribution in [0.2, 0.25) is 0 Å². The van der Waals surface area contributed by atoms with Gasteiger partial charge in [-0.25, -0.2) is 13.4 Å². The smallest absolute Gasteiger partial charge is 0.271 e. The average molecular weight is 492 g/mol. The lowest BCUT2D eigenvalue weighted by molar-refractivity contribution is 0.0946. The van der Waals surface area contributed by atoms with E-state index in [0.29, 0.717) is 11.6 Å². The number of benzene rings is 3. The van der Waals surface area contributed by atoms with Crippen molar-refractivity contribution in [2.24, 2.45) is 0 Å². The van der Waals surface area contributed by atoms with Gasteiger partial charge in [-0.15, -0.1) is 11.3 Å². The molecule has 1 amide bonds. The summed E-state index contributed by atoms with van der Waals surface area (Å²) in [7, 11) is -3.77. The number of nitrogens with zero attached hydrogens (tertiary/aromatic N) is 2. The largest absolute Gasteiger partial charge is 0.347 e. The average Bonchev–Trinajstić information content (AvgIpc) is 3.32. The van der Waals surface area contributed by atoms with Crippen LogP contribution >= 0.6 is 11.3 Å². The van der Waals surface area contributed by atoms with Crippen molar-refractivity contribution in [1.82, 2.24) is 14.6 Å². The first-order chi connectivity index (χ1) is 16.4. The highest BCUT2D eigenvalue weighted by atomic mass is 32.2. The van der Waals surface area contributed by atoms with Crippen molar-refractivity contribution in [3.63, 3.8) is 0 Å². The van der Waals surface area contributed by atoms with Gasteiger partial charge in [0, 0.05) is 18.5 Å². The molecule has 0 atom stereocenters. The Morgan fingerprint density at radius 1 is 0.882 bits per heavy atom. The van der Waals surface area contributed by atoms with Crippen LogP contribution in [0.3, 0.4) is 0 Å². The number of hydrogen-bond acceptors (Lipinski definition) is 5. The standard InChI is InChI=1S/C26H25N3O3S2/c1-20-12-14-23(15-13-20)34(31,32)29(17-22-10-6-3-7-11-22)18-25-28-24(19-33-25)26(30)27-16-21-8-4-2-5-9-21/h2-15,19H,16-18H2,1H3,(H,27,30). The van der Waals surface area contributed by atoms with Crippen molar-refractivity contribution in [1.29, 1.82) is 0 Å². The maximum Gasteiger partial charge on any atom is 0.271 e. The minimum Gasteiger partial charge on any atom is -0.347 e. The maximum atomic E-state index is 13.5. The molecule has 3 aromatic carbocycles. The van der Waals surface area contributed by atoms with Crippen LogP contribution in [-0.2, 0) is 29.7 Å². The Hall–Kier alpha value is -3.33. The lowest BCUT2D eigenvalue weighted by atomic mass is 10.2. The lowest BCUT2D eigenvalue weighted by Crippen LogP contribution is -2.30. The molecule has 4 aromatic rings. The van der Waals surface area contributed by atoms with Gasteiger partial charge < -0.3 is 5.32 Å². The minimum absolute atomic E-state index is 0.0712. The van der Waals surface area contributed by atoms with E-state index >= 15 is 0 Å². The fourth-order valence-corrected chi connectivity index (χ4v) is 5.64. The van der Waals surface area contributed by atoms with Crippen LogP contribution in [0.5, 0.6) is 0 Å². The van der Waals surface area contributed by atoms with Gasteiger partial charge in [0.15, 0.2) is 0 Å². The molecule has 1 heterocycles. The number of nitrogens with one attached hydrogen (secondary N) is 1. The summed E-state index contributed by atoms with van der Waals surface area (Å²) in [6, 6.07) is 25.9. The fourth-order valence-electron chi connectivity index (χ4n) is 3.38. The number of aryl methyl sites for hydroxylation is 1. The molecule has 0 saturated carbocycles. The lowest BCUT2D eigenvalue weighted by Gasteiger charge is -2.21. The molecule has 0 aliphatic rings. The van der Waals surface area contributed by atoms with Gasteiger partial charge in [0.05, 0.1) is 11.4 Å². The zero-order valence-corrected chi connectivity index (χ0v) is 20.4. The van der Waals surface area contributed by atoms with E-state index in [0.717, 1.165) is 16.7 Å². The van der Waals surface area contributed by atoms with Gasteiger partial charge in [0.25, 0.3) is 5.91 Å². The molecule has 0 bridgehead atoms. The number of carbonyl (C=O) groups excluding carboxylic acids is 1. The molecule has 4 rings (SSSR count). The molecule has 1 aromatic heterocycles. The van der Waals surface area contributed by atoms with Crippen molar-refractivity contribution in [3.8, 4) is 0 Å². The Bertz CT molecular complexity index is 1340. The van der Waals surface area contributed by atoms with E-state index in [1.807, 2.05) is 67.6 Å². The summed E-state index contributed by atoms with van der Waals surface area (Å²) in [4.78, 5) is 17.2. The van der Waals surface area contributed by atoms with E-state index in [2.05, 4.69) is 10.3 Å². The second-order valence-electron chi connectivity index (χ2n) is 7.87. The summed E-state index contributed by atoms with van der Waals surface area (Å²) in [6.07, 6.45) is 0. The van der Waals surface area contributed by atoms with Crippen molar-refractivity contribution in [3.05, 3.63) is 118 Å². The summed E-state index contributed by atoms with van der Waals surface area (Å²) in [5.74, 6) is -0.289. The Morgan fingerprint density at radius 2 is 1.50 bits per heavy atom. The molecular weight excluding hydrogens is 466 g/mol. The number of amides is 1. The van der Waals surface area contributed by atoms with Gasteiger partial charge in [0.2, 0.25) is 10.0 Å². The summed E-state index contributed by atoms with van der Waals surface area (Å²) in [5.41, 5.74) is 3.13. The Balaban J connectivity index is 1.53. The second kappa shape index (κ2) is 10.7. The molecule has 0 fully saturated rings. The van der Waals surface area contributed by atoms with Gasteiger partial charge in [-0.3, -0.25) is 4.79 Å². The maximum absolute atomic E-state index is 13.5. The van der Waals surface area contributed by atoms with E-state index in [4.69, 9.17) is 0 Å². The van der Waals surface area contributed by atoms with Gasteiger partial charge in [-0.2, -0.15) is 4.31 Å². The van der Waals surface area contributed by atoms with Crippen LogP contribution in [0.15, 0.2) is 95.2 Å². The molecule has 34 heavy (non-hydrogen) atoms. The molecule has 174 valence electrons. The van der Waals surface area contributed by atoms with E-state index < -0.39 is 10.0 Å². The molecule has 0 aliphatic carbocycles. The van der Waals surface area contributed by atoms with Gasteiger partial charge in [-0.1, -0.05) is 78.4 Å². The Labute approximate surface area is 204 Å². The van der Waals surface area contributed by atoms with E-state index in [-0.39, 0.29) is 29.6 Å². The molecule has 8 heteroatoms. The van der Waals surface area contributed by atoms with E-state index in [9.17, 15) is 13.2 Å². The van der Waals surface area contributed by atoms with Gasteiger partial charge in [0.1, 0.15) is 10.7 Å². The molecule has 0 spiro atoms. The quantitative estimate of drug-likeness (QED) is 0.366. The predicted molar refractivity (Wildman–Crippen MR) is 134 cm³/mol. The highest BCUT2D eigenvalue weighted by Crippen LogP contribution is 2.23. The van der Waals surface area contributed by atoms with E-state index in [1.54, 1.807) is 29.6 Å². The molecule has 1 N–H and O–H groups in total.